The minimum absolute atomic E-state index is 0.201. The number of benzene rings is 2. The Morgan fingerprint density at radius 2 is 1.79 bits per heavy atom. The summed E-state index contributed by atoms with van der Waals surface area (Å²) in [6.45, 7) is 4.89. The molecule has 5 aromatic rings. The number of carbonyl (C=O) groups is 1. The normalized spacial score (nSPS) is 13.1. The Bertz CT molecular complexity index is 1710. The number of fused-ring (bicyclic) bond motifs is 2. The van der Waals surface area contributed by atoms with Crippen LogP contribution in [0.1, 0.15) is 48.8 Å². The number of hydrogen-bond donors (Lipinski definition) is 2. The van der Waals surface area contributed by atoms with Crippen LogP contribution >= 0.6 is 0 Å². The lowest BCUT2D eigenvalue weighted by atomic mass is 10.0. The molecule has 0 aliphatic carbocycles. The third kappa shape index (κ3) is 3.87. The number of aromatic nitrogens is 5. The zero-order valence-corrected chi connectivity index (χ0v) is 21.4. The number of nitrogens with one attached hydrogen (secondary N) is 1. The topological polar surface area (TPSA) is 113 Å². The first-order chi connectivity index (χ1) is 18.4. The largest absolute Gasteiger partial charge is 0.383 e. The van der Waals surface area contributed by atoms with Crippen LogP contribution in [-0.2, 0) is 13.0 Å². The van der Waals surface area contributed by atoms with E-state index in [0.29, 0.717) is 24.5 Å². The molecule has 3 aromatic heterocycles. The first-order valence-corrected chi connectivity index (χ1v) is 12.9. The van der Waals surface area contributed by atoms with Gasteiger partial charge in [-0.1, -0.05) is 30.3 Å². The molecule has 38 heavy (non-hydrogen) atoms. The molecule has 0 unspecified atom stereocenters. The minimum Gasteiger partial charge on any atom is -0.383 e. The van der Waals surface area contributed by atoms with Gasteiger partial charge in [-0.3, -0.25) is 14.3 Å². The number of para-hydroxylation sites is 1. The van der Waals surface area contributed by atoms with E-state index < -0.39 is 5.91 Å². The summed E-state index contributed by atoms with van der Waals surface area (Å²) in [4.78, 5) is 35.6. The first kappa shape index (κ1) is 23.7. The van der Waals surface area contributed by atoms with Gasteiger partial charge in [-0.15, -0.1) is 0 Å². The van der Waals surface area contributed by atoms with Crippen molar-refractivity contribution in [1.29, 1.82) is 0 Å². The SMILES string of the molecule is CC(C)n1cc(-c2ccc(NC(=O)c3c4n(n(-c5ccccc5)c3=O)CCCC4)cc2)c2c(N)ncnc21. The van der Waals surface area contributed by atoms with Crippen molar-refractivity contribution in [2.24, 2.45) is 0 Å². The molecular weight excluding hydrogens is 478 g/mol. The molecule has 1 amide bonds. The number of rotatable bonds is 5. The van der Waals surface area contributed by atoms with Crippen molar-refractivity contribution in [2.75, 3.05) is 11.1 Å². The van der Waals surface area contributed by atoms with E-state index in [1.807, 2.05) is 65.5 Å². The zero-order valence-electron chi connectivity index (χ0n) is 21.4. The summed E-state index contributed by atoms with van der Waals surface area (Å²) in [5, 5.41) is 3.75. The van der Waals surface area contributed by atoms with Crippen molar-refractivity contribution in [3.63, 3.8) is 0 Å². The van der Waals surface area contributed by atoms with Gasteiger partial charge in [-0.05, 0) is 62.9 Å². The molecule has 0 spiro atoms. The van der Waals surface area contributed by atoms with E-state index in [9.17, 15) is 9.59 Å². The molecule has 3 N–H and O–H groups in total. The van der Waals surface area contributed by atoms with Gasteiger partial charge in [0.05, 0.1) is 16.8 Å². The van der Waals surface area contributed by atoms with Crippen LogP contribution in [0.2, 0.25) is 0 Å². The standard InChI is InChI=1S/C29H29N7O2/c1-18(2)34-16-22(24-26(30)31-17-32-27(24)34)19-11-13-20(14-12-19)33-28(37)25-23-10-6-7-15-35(23)36(29(25)38)21-8-4-3-5-9-21/h3-5,8-9,11-14,16-18H,6-7,10,15H2,1-2H3,(H,33,37)(H2,30,31,32). The molecular formula is C29H29N7O2. The van der Waals surface area contributed by atoms with Gasteiger partial charge in [0.1, 0.15) is 23.4 Å². The third-order valence-electron chi connectivity index (χ3n) is 7.16. The van der Waals surface area contributed by atoms with Crippen LogP contribution < -0.4 is 16.6 Å². The molecule has 0 fully saturated rings. The number of anilines is 2. The average molecular weight is 508 g/mol. The highest BCUT2D eigenvalue weighted by atomic mass is 16.2. The van der Waals surface area contributed by atoms with E-state index in [1.54, 1.807) is 4.68 Å². The van der Waals surface area contributed by atoms with Gasteiger partial charge < -0.3 is 15.6 Å². The Labute approximate surface area is 219 Å². The lowest BCUT2D eigenvalue weighted by molar-refractivity contribution is 0.102. The van der Waals surface area contributed by atoms with Gasteiger partial charge in [0.15, 0.2) is 0 Å². The van der Waals surface area contributed by atoms with Crippen molar-refractivity contribution in [3.05, 3.63) is 88.7 Å². The quantitative estimate of drug-likeness (QED) is 0.355. The third-order valence-corrected chi connectivity index (χ3v) is 7.16. The second kappa shape index (κ2) is 9.33. The van der Waals surface area contributed by atoms with Crippen LogP contribution in [0.5, 0.6) is 0 Å². The molecule has 4 heterocycles. The molecule has 0 saturated heterocycles. The van der Waals surface area contributed by atoms with Crippen molar-refractivity contribution >= 4 is 28.4 Å². The van der Waals surface area contributed by atoms with E-state index in [2.05, 4.69) is 33.7 Å². The summed E-state index contributed by atoms with van der Waals surface area (Å²) >= 11 is 0. The lowest BCUT2D eigenvalue weighted by Crippen LogP contribution is -2.25. The molecule has 9 nitrogen and oxygen atoms in total. The summed E-state index contributed by atoms with van der Waals surface area (Å²) in [5.74, 6) is 0.0343. The maximum absolute atomic E-state index is 13.5. The molecule has 2 aromatic carbocycles. The van der Waals surface area contributed by atoms with Gasteiger partial charge in [-0.25, -0.2) is 14.6 Å². The van der Waals surface area contributed by atoms with Gasteiger partial charge in [0.25, 0.3) is 11.5 Å². The van der Waals surface area contributed by atoms with Crippen molar-refractivity contribution in [3.8, 4) is 16.8 Å². The Morgan fingerprint density at radius 3 is 2.53 bits per heavy atom. The van der Waals surface area contributed by atoms with E-state index in [1.165, 1.54) is 6.33 Å². The zero-order chi connectivity index (χ0) is 26.4. The van der Waals surface area contributed by atoms with Gasteiger partial charge in [0, 0.05) is 30.0 Å². The molecule has 1 aliphatic rings. The lowest BCUT2D eigenvalue weighted by Gasteiger charge is -2.19. The number of hydrogen-bond acceptors (Lipinski definition) is 5. The Balaban J connectivity index is 1.33. The van der Waals surface area contributed by atoms with Crippen LogP contribution in [0.4, 0.5) is 11.5 Å². The van der Waals surface area contributed by atoms with Crippen LogP contribution in [-0.4, -0.2) is 29.8 Å². The second-order valence-electron chi connectivity index (χ2n) is 9.89. The fourth-order valence-corrected chi connectivity index (χ4v) is 5.33. The maximum atomic E-state index is 13.5. The molecule has 192 valence electrons. The van der Waals surface area contributed by atoms with E-state index in [-0.39, 0.29) is 17.2 Å². The van der Waals surface area contributed by atoms with Crippen LogP contribution in [0.25, 0.3) is 27.8 Å². The van der Waals surface area contributed by atoms with Crippen LogP contribution in [0, 0.1) is 0 Å². The van der Waals surface area contributed by atoms with Gasteiger partial charge in [-0.2, -0.15) is 0 Å². The molecule has 6 rings (SSSR count). The number of nitrogens with two attached hydrogens (primary N) is 1. The highest BCUT2D eigenvalue weighted by molar-refractivity contribution is 6.05. The van der Waals surface area contributed by atoms with Gasteiger partial charge >= 0.3 is 0 Å². The molecule has 0 atom stereocenters. The number of nitrogens with zero attached hydrogens (tertiary/aromatic N) is 5. The van der Waals surface area contributed by atoms with Crippen LogP contribution in [0.3, 0.4) is 0 Å². The molecule has 0 saturated carbocycles. The maximum Gasteiger partial charge on any atom is 0.284 e. The Kier molecular flexibility index (Phi) is 5.83. The summed E-state index contributed by atoms with van der Waals surface area (Å²) in [5.41, 5.74) is 10.9. The smallest absolute Gasteiger partial charge is 0.284 e. The van der Waals surface area contributed by atoms with E-state index in [4.69, 9.17) is 5.73 Å². The van der Waals surface area contributed by atoms with E-state index in [0.717, 1.165) is 46.4 Å². The van der Waals surface area contributed by atoms with E-state index >= 15 is 0 Å². The Morgan fingerprint density at radius 1 is 1.03 bits per heavy atom. The predicted molar refractivity (Wildman–Crippen MR) is 149 cm³/mol. The highest BCUT2D eigenvalue weighted by Crippen LogP contribution is 2.34. The predicted octanol–water partition coefficient (Wildman–Crippen LogP) is 4.80. The summed E-state index contributed by atoms with van der Waals surface area (Å²) in [6, 6.07) is 17.2. The second-order valence-corrected chi connectivity index (χ2v) is 9.89. The number of nitrogen functional groups attached to an aromatic ring is 1. The Hall–Kier alpha value is -4.66. The molecule has 9 heteroatoms. The summed E-state index contributed by atoms with van der Waals surface area (Å²) < 4.78 is 5.66. The fraction of sp³-hybridized carbons (Fsp3) is 0.241. The highest BCUT2D eigenvalue weighted by Gasteiger charge is 2.27. The average Bonchev–Trinajstić information content (AvgIpc) is 3.46. The minimum atomic E-state index is -0.392. The monoisotopic (exact) mass is 507 g/mol. The van der Waals surface area contributed by atoms with Gasteiger partial charge in [0.2, 0.25) is 0 Å². The summed E-state index contributed by atoms with van der Waals surface area (Å²) in [7, 11) is 0. The number of carbonyl (C=O) groups excluding carboxylic acids is 1. The first-order valence-electron chi connectivity index (χ1n) is 12.9. The molecule has 0 bridgehead atoms. The van der Waals surface area contributed by atoms with Crippen molar-refractivity contribution in [2.45, 2.75) is 45.7 Å². The van der Waals surface area contributed by atoms with Crippen molar-refractivity contribution < 1.29 is 4.79 Å². The van der Waals surface area contributed by atoms with Crippen molar-refractivity contribution in [1.82, 2.24) is 23.9 Å². The number of amides is 1. The summed E-state index contributed by atoms with van der Waals surface area (Å²) in [6.07, 6.45) is 6.13. The fourth-order valence-electron chi connectivity index (χ4n) is 5.33. The molecule has 0 radical (unpaired) electrons. The van der Waals surface area contributed by atoms with Crippen LogP contribution in [0.15, 0.2) is 71.9 Å². The molecule has 1 aliphatic heterocycles.